The molecule has 4 N–H and O–H groups in total. The predicted octanol–water partition coefficient (Wildman–Crippen LogP) is 0.511. The van der Waals surface area contributed by atoms with Crippen molar-refractivity contribution in [2.24, 2.45) is 5.73 Å². The molecule has 4 heteroatoms. The zero-order valence-electron chi connectivity index (χ0n) is 5.70. The normalized spacial score (nSPS) is 9.45. The van der Waals surface area contributed by atoms with Crippen LogP contribution in [0.1, 0.15) is 10.4 Å². The van der Waals surface area contributed by atoms with Gasteiger partial charge in [0.2, 0.25) is 5.91 Å². The zero-order chi connectivity index (χ0) is 8.43. The minimum Gasteiger partial charge on any atom is -0.399 e. The minimum absolute atomic E-state index is 0.148. The standard InChI is InChI=1S/C7H7N2O2/c8-5-1-4(7(9)11)2-6(10)3-5/h1-3H,8H2,(H2,9,11). The van der Waals surface area contributed by atoms with E-state index in [4.69, 9.17) is 11.5 Å². The molecule has 0 aromatic heterocycles. The molecule has 57 valence electrons. The van der Waals surface area contributed by atoms with Crippen LogP contribution in [0.25, 0.3) is 0 Å². The number of carbonyl (C=O) groups excluding carboxylic acids is 1. The summed E-state index contributed by atoms with van der Waals surface area (Å²) in [7, 11) is 0. The molecule has 0 heterocycles. The fourth-order valence-corrected chi connectivity index (χ4v) is 0.764. The topological polar surface area (TPSA) is 89.0 Å². The maximum atomic E-state index is 10.7. The van der Waals surface area contributed by atoms with Crippen LogP contribution in [-0.4, -0.2) is 5.91 Å². The van der Waals surface area contributed by atoms with E-state index in [2.05, 4.69) is 0 Å². The van der Waals surface area contributed by atoms with Crippen LogP contribution in [0.2, 0.25) is 0 Å². The Kier molecular flexibility index (Phi) is 1.68. The van der Waals surface area contributed by atoms with Gasteiger partial charge in [-0.25, -0.2) is 0 Å². The van der Waals surface area contributed by atoms with E-state index in [1.807, 2.05) is 0 Å². The third-order valence-corrected chi connectivity index (χ3v) is 1.21. The van der Waals surface area contributed by atoms with Crippen molar-refractivity contribution in [3.8, 4) is 5.75 Å². The van der Waals surface area contributed by atoms with Gasteiger partial charge in [0.25, 0.3) is 0 Å². The summed E-state index contributed by atoms with van der Waals surface area (Å²) < 4.78 is 0. The van der Waals surface area contributed by atoms with E-state index in [1.54, 1.807) is 0 Å². The Morgan fingerprint density at radius 1 is 1.27 bits per heavy atom. The number of carbonyl (C=O) groups is 1. The lowest BCUT2D eigenvalue weighted by Crippen LogP contribution is -2.10. The van der Waals surface area contributed by atoms with Crippen molar-refractivity contribution >= 4 is 11.6 Å². The molecular weight excluding hydrogens is 144 g/mol. The number of hydrogen-bond acceptors (Lipinski definition) is 2. The lowest BCUT2D eigenvalue weighted by atomic mass is 10.2. The molecule has 0 unspecified atom stereocenters. The maximum Gasteiger partial charge on any atom is 0.248 e. The summed E-state index contributed by atoms with van der Waals surface area (Å²) in [6.07, 6.45) is 0. The summed E-state index contributed by atoms with van der Waals surface area (Å²) in [5, 5.41) is 10.7. The van der Waals surface area contributed by atoms with Crippen molar-refractivity contribution in [2.45, 2.75) is 0 Å². The monoisotopic (exact) mass is 151 g/mol. The van der Waals surface area contributed by atoms with E-state index < -0.39 is 5.91 Å². The summed E-state index contributed by atoms with van der Waals surface area (Å²) in [6.45, 7) is 0. The van der Waals surface area contributed by atoms with Crippen molar-refractivity contribution in [1.29, 1.82) is 0 Å². The Morgan fingerprint density at radius 3 is 2.36 bits per heavy atom. The molecule has 11 heavy (non-hydrogen) atoms. The first kappa shape index (κ1) is 7.40. The SMILES string of the molecule is NC(=O)c1cc(N)cc([O])c1. The van der Waals surface area contributed by atoms with Crippen LogP contribution < -0.4 is 11.5 Å². The van der Waals surface area contributed by atoms with Crippen LogP contribution in [-0.2, 0) is 5.11 Å². The third-order valence-electron chi connectivity index (χ3n) is 1.21. The molecule has 0 spiro atoms. The molecule has 0 atom stereocenters. The Morgan fingerprint density at radius 2 is 1.91 bits per heavy atom. The Labute approximate surface area is 63.4 Å². The van der Waals surface area contributed by atoms with E-state index in [9.17, 15) is 9.90 Å². The molecule has 1 aromatic rings. The van der Waals surface area contributed by atoms with Gasteiger partial charge in [-0.1, -0.05) is 0 Å². The Balaban J connectivity index is 3.19. The number of rotatable bonds is 1. The number of benzene rings is 1. The summed E-state index contributed by atoms with van der Waals surface area (Å²) in [4.78, 5) is 10.5. The molecule has 4 nitrogen and oxygen atoms in total. The van der Waals surface area contributed by atoms with Crippen LogP contribution in [0.4, 0.5) is 5.69 Å². The lowest BCUT2D eigenvalue weighted by Gasteiger charge is -1.96. The molecule has 0 aliphatic heterocycles. The maximum absolute atomic E-state index is 10.7. The largest absolute Gasteiger partial charge is 0.399 e. The Hall–Kier alpha value is -1.71. The van der Waals surface area contributed by atoms with Gasteiger partial charge < -0.3 is 11.5 Å². The fraction of sp³-hybridized carbons (Fsp3) is 0. The molecular formula is C7H7N2O2. The first-order valence-corrected chi connectivity index (χ1v) is 2.97. The van der Waals surface area contributed by atoms with Gasteiger partial charge >= 0.3 is 0 Å². The molecule has 1 rings (SSSR count). The zero-order valence-corrected chi connectivity index (χ0v) is 5.70. The highest BCUT2D eigenvalue weighted by Crippen LogP contribution is 2.16. The minimum atomic E-state index is -0.644. The summed E-state index contributed by atoms with van der Waals surface area (Å²) in [5.41, 5.74) is 10.6. The van der Waals surface area contributed by atoms with Crippen LogP contribution in [0, 0.1) is 0 Å². The highest BCUT2D eigenvalue weighted by atomic mass is 16.3. The number of anilines is 1. The van der Waals surface area contributed by atoms with Gasteiger partial charge in [0.15, 0.2) is 5.75 Å². The molecule has 1 aromatic carbocycles. The van der Waals surface area contributed by atoms with Gasteiger partial charge in [-0.15, -0.1) is 0 Å². The van der Waals surface area contributed by atoms with Crippen LogP contribution >= 0.6 is 0 Å². The first-order valence-electron chi connectivity index (χ1n) is 2.97. The second-order valence-electron chi connectivity index (χ2n) is 2.15. The second-order valence-corrected chi connectivity index (χ2v) is 2.15. The van der Waals surface area contributed by atoms with Gasteiger partial charge in [-0.3, -0.25) is 9.90 Å². The molecule has 0 saturated heterocycles. The van der Waals surface area contributed by atoms with Crippen molar-refractivity contribution in [1.82, 2.24) is 0 Å². The van der Waals surface area contributed by atoms with Crippen LogP contribution in [0.15, 0.2) is 18.2 Å². The molecule has 0 saturated carbocycles. The number of hydrogen-bond donors (Lipinski definition) is 2. The van der Waals surface area contributed by atoms with E-state index in [0.717, 1.165) is 6.07 Å². The molecule has 1 amide bonds. The fourth-order valence-electron chi connectivity index (χ4n) is 0.764. The average Bonchev–Trinajstić information content (AvgIpc) is 1.85. The van der Waals surface area contributed by atoms with E-state index in [1.165, 1.54) is 12.1 Å². The number of amides is 1. The van der Waals surface area contributed by atoms with Crippen LogP contribution in [0.3, 0.4) is 0 Å². The summed E-state index contributed by atoms with van der Waals surface area (Å²) >= 11 is 0. The van der Waals surface area contributed by atoms with Gasteiger partial charge in [0, 0.05) is 17.3 Å². The summed E-state index contributed by atoms with van der Waals surface area (Å²) in [6, 6.07) is 3.74. The van der Waals surface area contributed by atoms with E-state index in [-0.39, 0.29) is 17.0 Å². The smallest absolute Gasteiger partial charge is 0.248 e. The van der Waals surface area contributed by atoms with Crippen molar-refractivity contribution in [2.75, 3.05) is 5.73 Å². The van der Waals surface area contributed by atoms with Gasteiger partial charge in [-0.05, 0) is 12.1 Å². The van der Waals surface area contributed by atoms with E-state index in [0.29, 0.717) is 0 Å². The van der Waals surface area contributed by atoms with Crippen molar-refractivity contribution in [3.63, 3.8) is 0 Å². The predicted molar refractivity (Wildman–Crippen MR) is 39.5 cm³/mol. The third kappa shape index (κ3) is 1.61. The highest BCUT2D eigenvalue weighted by molar-refractivity contribution is 5.94. The summed E-state index contributed by atoms with van der Waals surface area (Å²) in [5.74, 6) is -0.951. The van der Waals surface area contributed by atoms with Crippen molar-refractivity contribution in [3.05, 3.63) is 23.8 Å². The quantitative estimate of drug-likeness (QED) is 0.572. The molecule has 0 fully saturated rings. The van der Waals surface area contributed by atoms with E-state index >= 15 is 0 Å². The molecule has 1 radical (unpaired) electrons. The van der Waals surface area contributed by atoms with Crippen molar-refractivity contribution < 1.29 is 9.90 Å². The second kappa shape index (κ2) is 2.49. The van der Waals surface area contributed by atoms with Gasteiger partial charge in [0.05, 0.1) is 0 Å². The lowest BCUT2D eigenvalue weighted by molar-refractivity contribution is 0.0999. The van der Waals surface area contributed by atoms with Crippen LogP contribution in [0.5, 0.6) is 5.75 Å². The first-order chi connectivity index (χ1) is 5.09. The number of nitrogen functional groups attached to an aromatic ring is 1. The Bertz CT molecular complexity index is 276. The molecule has 0 bridgehead atoms. The average molecular weight is 151 g/mol. The van der Waals surface area contributed by atoms with Gasteiger partial charge in [0.1, 0.15) is 0 Å². The highest BCUT2D eigenvalue weighted by Gasteiger charge is 2.03. The molecule has 0 aliphatic carbocycles. The number of primary amides is 1. The molecule has 0 aliphatic rings. The number of nitrogens with two attached hydrogens (primary N) is 2. The van der Waals surface area contributed by atoms with Gasteiger partial charge in [-0.2, -0.15) is 0 Å².